The van der Waals surface area contributed by atoms with Gasteiger partial charge in [0.2, 0.25) is 0 Å². The number of aliphatic hydroxyl groups excluding tert-OH is 2. The van der Waals surface area contributed by atoms with Gasteiger partial charge in [-0.2, -0.15) is 0 Å². The summed E-state index contributed by atoms with van der Waals surface area (Å²) in [4.78, 5) is 0. The van der Waals surface area contributed by atoms with Crippen LogP contribution in [0.5, 0.6) is 0 Å². The molecule has 2 aliphatic heterocycles. The highest BCUT2D eigenvalue weighted by Crippen LogP contribution is 2.67. The van der Waals surface area contributed by atoms with Crippen molar-refractivity contribution >= 4 is 0 Å². The third kappa shape index (κ3) is 6.84. The third-order valence-electron chi connectivity index (χ3n) is 10.4. The lowest BCUT2D eigenvalue weighted by Crippen LogP contribution is -2.46. The molecule has 240 valence electrons. The molecule has 0 aromatic rings. The molecule has 0 amide bonds. The molecule has 2 N–H and O–H groups in total. The molecule has 44 heavy (non-hydrogen) atoms. The molecule has 4 unspecified atom stereocenters. The summed E-state index contributed by atoms with van der Waals surface area (Å²) < 4.78 is 12.5. The Morgan fingerprint density at radius 2 is 0.818 bits per heavy atom. The van der Waals surface area contributed by atoms with Gasteiger partial charge < -0.3 is 19.7 Å². The maximum Gasteiger partial charge on any atom is 0.121 e. The lowest BCUT2D eigenvalue weighted by molar-refractivity contribution is 0.0510. The molecular formula is C40H56O4. The predicted molar refractivity (Wildman–Crippen MR) is 183 cm³/mol. The Morgan fingerprint density at radius 3 is 1.16 bits per heavy atom. The van der Waals surface area contributed by atoms with Crippen LogP contribution in [-0.2, 0) is 9.47 Å². The van der Waals surface area contributed by atoms with E-state index in [0.717, 1.165) is 12.8 Å². The molecule has 6 atom stereocenters. The van der Waals surface area contributed by atoms with Gasteiger partial charge in [-0.25, -0.2) is 0 Å². The Hall–Kier alpha value is -2.50. The van der Waals surface area contributed by atoms with Gasteiger partial charge >= 0.3 is 0 Å². The van der Waals surface area contributed by atoms with Gasteiger partial charge in [-0.1, -0.05) is 123 Å². The molecule has 4 aliphatic rings. The molecule has 4 nitrogen and oxygen atoms in total. The number of fused-ring (bicyclic) bond motifs is 2. The van der Waals surface area contributed by atoms with Gasteiger partial charge in [0.05, 0.1) is 12.2 Å². The average Bonchev–Trinajstić information content (AvgIpc) is 3.73. The molecule has 2 aliphatic carbocycles. The van der Waals surface area contributed by atoms with Crippen molar-refractivity contribution in [1.82, 2.24) is 0 Å². The fourth-order valence-corrected chi connectivity index (χ4v) is 7.99. The third-order valence-corrected chi connectivity index (χ3v) is 10.4. The van der Waals surface area contributed by atoms with Crippen molar-refractivity contribution in [3.63, 3.8) is 0 Å². The Balaban J connectivity index is 1.25. The van der Waals surface area contributed by atoms with Gasteiger partial charge in [0.15, 0.2) is 0 Å². The normalized spacial score (nSPS) is 39.2. The molecule has 4 heteroatoms. The zero-order valence-electron chi connectivity index (χ0n) is 28.8. The zero-order chi connectivity index (χ0) is 32.6. The van der Waals surface area contributed by atoms with Gasteiger partial charge in [0, 0.05) is 23.7 Å². The smallest absolute Gasteiger partial charge is 0.121 e. The highest BCUT2D eigenvalue weighted by atomic mass is 16.6. The summed E-state index contributed by atoms with van der Waals surface area (Å²) in [6.07, 6.45) is 32.0. The van der Waals surface area contributed by atoms with Gasteiger partial charge in [0.25, 0.3) is 0 Å². The monoisotopic (exact) mass is 600 g/mol. The van der Waals surface area contributed by atoms with Crippen LogP contribution in [0.4, 0.5) is 0 Å². The van der Waals surface area contributed by atoms with Crippen molar-refractivity contribution in [3.8, 4) is 0 Å². The molecule has 2 heterocycles. The lowest BCUT2D eigenvalue weighted by atomic mass is 9.63. The van der Waals surface area contributed by atoms with E-state index < -0.39 is 0 Å². The van der Waals surface area contributed by atoms with Crippen LogP contribution in [0, 0.1) is 10.8 Å². The van der Waals surface area contributed by atoms with E-state index in [-0.39, 0.29) is 45.4 Å². The van der Waals surface area contributed by atoms with Crippen molar-refractivity contribution < 1.29 is 19.7 Å². The lowest BCUT2D eigenvalue weighted by Gasteiger charge is -2.39. The number of rotatable bonds is 10. The fraction of sp³-hybridized carbons (Fsp3) is 0.550. The highest BCUT2D eigenvalue weighted by molar-refractivity contribution is 5.38. The molecule has 0 aromatic heterocycles. The molecular weight excluding hydrogens is 544 g/mol. The molecule has 2 saturated heterocycles. The van der Waals surface area contributed by atoms with Crippen molar-refractivity contribution in [3.05, 3.63) is 107 Å². The van der Waals surface area contributed by atoms with Crippen molar-refractivity contribution in [1.29, 1.82) is 0 Å². The summed E-state index contributed by atoms with van der Waals surface area (Å²) >= 11 is 0. The SMILES string of the molecule is CC(/C=C/C=C(C)/C=C/C12OC1(C)C[C@@H](O)CC2(C)C)=C\C=C\C=C(C)\C=C\C=C(C)\C=C\C12OC1(C)C[C@@H](O)CC2(C)C. The predicted octanol–water partition coefficient (Wildman–Crippen LogP) is 8.97. The molecule has 0 bridgehead atoms. The molecule has 0 spiro atoms. The zero-order valence-corrected chi connectivity index (χ0v) is 28.8. The molecule has 0 aromatic carbocycles. The maximum absolute atomic E-state index is 10.3. The first-order valence-corrected chi connectivity index (χ1v) is 16.3. The van der Waals surface area contributed by atoms with E-state index in [0.29, 0.717) is 12.8 Å². The first-order valence-electron chi connectivity index (χ1n) is 16.3. The van der Waals surface area contributed by atoms with Crippen molar-refractivity contribution in [2.75, 3.05) is 0 Å². The van der Waals surface area contributed by atoms with Gasteiger partial charge in [-0.05, 0) is 66.5 Å². The first kappa shape index (κ1) is 34.4. The van der Waals surface area contributed by atoms with E-state index in [2.05, 4.69) is 154 Å². The van der Waals surface area contributed by atoms with Crippen LogP contribution in [0.25, 0.3) is 0 Å². The minimum Gasteiger partial charge on any atom is -0.393 e. The Morgan fingerprint density at radius 1 is 0.500 bits per heavy atom. The van der Waals surface area contributed by atoms with E-state index in [9.17, 15) is 10.2 Å². The van der Waals surface area contributed by atoms with E-state index in [4.69, 9.17) is 9.47 Å². The van der Waals surface area contributed by atoms with Crippen LogP contribution in [0.15, 0.2) is 107 Å². The number of ether oxygens (including phenoxy) is 2. The van der Waals surface area contributed by atoms with Gasteiger partial charge in [0.1, 0.15) is 22.4 Å². The largest absolute Gasteiger partial charge is 0.393 e. The van der Waals surface area contributed by atoms with E-state index >= 15 is 0 Å². The quantitative estimate of drug-likeness (QED) is 0.194. The Labute approximate surface area is 267 Å². The van der Waals surface area contributed by atoms with E-state index in [1.54, 1.807) is 0 Å². The second-order valence-electron chi connectivity index (χ2n) is 15.4. The summed E-state index contributed by atoms with van der Waals surface area (Å²) in [7, 11) is 0. The minimum absolute atomic E-state index is 0.0969. The summed E-state index contributed by atoms with van der Waals surface area (Å²) in [5.74, 6) is 0. The maximum atomic E-state index is 10.3. The van der Waals surface area contributed by atoms with Crippen molar-refractivity contribution in [2.24, 2.45) is 10.8 Å². The Kier molecular flexibility index (Phi) is 9.66. The van der Waals surface area contributed by atoms with Crippen LogP contribution in [0.3, 0.4) is 0 Å². The number of aliphatic hydroxyl groups is 2. The van der Waals surface area contributed by atoms with Crippen LogP contribution in [0.1, 0.15) is 94.9 Å². The van der Waals surface area contributed by atoms with Crippen LogP contribution < -0.4 is 0 Å². The average molecular weight is 601 g/mol. The van der Waals surface area contributed by atoms with E-state index in [1.165, 1.54) is 22.3 Å². The molecule has 4 fully saturated rings. The van der Waals surface area contributed by atoms with Gasteiger partial charge in [-0.15, -0.1) is 0 Å². The van der Waals surface area contributed by atoms with Crippen LogP contribution in [-0.4, -0.2) is 44.8 Å². The van der Waals surface area contributed by atoms with Crippen molar-refractivity contribution in [2.45, 2.75) is 130 Å². The Bertz CT molecular complexity index is 1270. The summed E-state index contributed by atoms with van der Waals surface area (Å²) in [5, 5.41) is 20.5. The molecule has 0 radical (unpaired) electrons. The van der Waals surface area contributed by atoms with Crippen LogP contribution in [0.2, 0.25) is 0 Å². The van der Waals surface area contributed by atoms with Gasteiger partial charge in [-0.3, -0.25) is 0 Å². The number of allylic oxidation sites excluding steroid dienone is 16. The number of hydrogen-bond acceptors (Lipinski definition) is 4. The molecule has 4 rings (SSSR count). The molecule has 2 saturated carbocycles. The number of hydrogen-bond donors (Lipinski definition) is 2. The first-order chi connectivity index (χ1) is 20.4. The second-order valence-corrected chi connectivity index (χ2v) is 15.4. The van der Waals surface area contributed by atoms with Crippen LogP contribution >= 0.6 is 0 Å². The summed E-state index contributed by atoms with van der Waals surface area (Å²) in [5.41, 5.74) is 3.36. The highest BCUT2D eigenvalue weighted by Gasteiger charge is 2.75. The summed E-state index contributed by atoms with van der Waals surface area (Å²) in [6.45, 7) is 21.4. The number of epoxide rings is 2. The topological polar surface area (TPSA) is 65.5 Å². The second kappa shape index (κ2) is 12.4. The summed E-state index contributed by atoms with van der Waals surface area (Å²) in [6, 6.07) is 0. The standard InChI is InChI=1S/C40H56O4/c1-29(17-13-19-31(3)21-23-39-35(5,6)25-33(41)27-37(39,9)43-39)15-11-12-16-30(2)18-14-20-32(4)22-24-40-36(7,8)26-34(42)28-38(40,10)44-40/h11-24,33-34,41-42H,25-28H2,1-10H3/b12-11+,17-13+,18-14+,23-21+,24-22+,29-15+,30-16+,31-19+,32-20+/t33-,34-,37?,38?,39?,40?/m0/s1. The minimum atomic E-state index is -0.294. The fourth-order valence-electron chi connectivity index (χ4n) is 7.99. The van der Waals surface area contributed by atoms with E-state index in [1.807, 2.05) is 0 Å².